The maximum Gasteiger partial charge on any atom is 0.319 e. The molecule has 25 heavy (non-hydrogen) atoms. The van der Waals surface area contributed by atoms with E-state index in [1.54, 1.807) is 12.1 Å². The zero-order chi connectivity index (χ0) is 17.6. The van der Waals surface area contributed by atoms with E-state index in [2.05, 4.69) is 10.6 Å². The highest BCUT2D eigenvalue weighted by Crippen LogP contribution is 2.23. The average molecular weight is 351 g/mol. The molecule has 3 aromatic carbocycles. The SMILES string of the molecule is Cc1ccc(Cl)cc1NC(=O)NC(c1ccccc1)c1ccccc1. The molecule has 0 heterocycles. The minimum absolute atomic E-state index is 0.234. The summed E-state index contributed by atoms with van der Waals surface area (Å²) in [5.41, 5.74) is 3.69. The van der Waals surface area contributed by atoms with Crippen LogP contribution in [0.3, 0.4) is 0 Å². The Bertz CT molecular complexity index is 811. The third kappa shape index (κ3) is 4.40. The van der Waals surface area contributed by atoms with Crippen LogP contribution in [0.1, 0.15) is 22.7 Å². The second-order valence-electron chi connectivity index (χ2n) is 5.81. The summed E-state index contributed by atoms with van der Waals surface area (Å²) in [4.78, 5) is 12.6. The van der Waals surface area contributed by atoms with Crippen molar-refractivity contribution in [3.05, 3.63) is 101 Å². The van der Waals surface area contributed by atoms with Crippen molar-refractivity contribution in [3.63, 3.8) is 0 Å². The second-order valence-corrected chi connectivity index (χ2v) is 6.25. The number of hydrogen-bond donors (Lipinski definition) is 2. The number of nitrogens with one attached hydrogen (secondary N) is 2. The normalized spacial score (nSPS) is 10.5. The van der Waals surface area contributed by atoms with Gasteiger partial charge in [-0.25, -0.2) is 4.79 Å². The van der Waals surface area contributed by atoms with Gasteiger partial charge in [0.2, 0.25) is 0 Å². The van der Waals surface area contributed by atoms with Crippen LogP contribution < -0.4 is 10.6 Å². The largest absolute Gasteiger partial charge is 0.327 e. The molecule has 4 heteroatoms. The van der Waals surface area contributed by atoms with Gasteiger partial charge < -0.3 is 10.6 Å². The number of rotatable bonds is 4. The van der Waals surface area contributed by atoms with E-state index in [4.69, 9.17) is 11.6 Å². The predicted molar refractivity (Wildman–Crippen MR) is 103 cm³/mol. The summed E-state index contributed by atoms with van der Waals surface area (Å²) in [5, 5.41) is 6.52. The van der Waals surface area contributed by atoms with Gasteiger partial charge in [0.1, 0.15) is 0 Å². The van der Waals surface area contributed by atoms with Crippen molar-refractivity contribution < 1.29 is 4.79 Å². The van der Waals surface area contributed by atoms with Gasteiger partial charge in [-0.05, 0) is 35.7 Å². The summed E-state index contributed by atoms with van der Waals surface area (Å²) >= 11 is 6.03. The number of amides is 2. The Morgan fingerprint density at radius 3 is 2.00 bits per heavy atom. The van der Waals surface area contributed by atoms with E-state index in [1.165, 1.54) is 0 Å². The number of hydrogen-bond acceptors (Lipinski definition) is 1. The van der Waals surface area contributed by atoms with Gasteiger partial charge in [0.05, 0.1) is 6.04 Å². The van der Waals surface area contributed by atoms with Crippen LogP contribution in [-0.4, -0.2) is 6.03 Å². The van der Waals surface area contributed by atoms with Crippen LogP contribution in [0.15, 0.2) is 78.9 Å². The minimum atomic E-state index is -0.275. The van der Waals surface area contributed by atoms with Crippen molar-refractivity contribution in [2.75, 3.05) is 5.32 Å². The Balaban J connectivity index is 1.83. The molecule has 0 saturated heterocycles. The molecule has 0 unspecified atom stereocenters. The number of carbonyl (C=O) groups excluding carboxylic acids is 1. The molecule has 0 aromatic heterocycles. The molecule has 126 valence electrons. The molecular formula is C21H19ClN2O. The van der Waals surface area contributed by atoms with E-state index >= 15 is 0 Å². The Morgan fingerprint density at radius 1 is 0.880 bits per heavy atom. The summed E-state index contributed by atoms with van der Waals surface area (Å²) in [6.45, 7) is 1.93. The number of aryl methyl sites for hydroxylation is 1. The molecule has 0 aliphatic carbocycles. The molecule has 0 spiro atoms. The van der Waals surface area contributed by atoms with Gasteiger partial charge in [-0.3, -0.25) is 0 Å². The third-order valence-corrected chi connectivity index (χ3v) is 4.22. The first-order valence-corrected chi connectivity index (χ1v) is 8.45. The molecule has 3 nitrogen and oxygen atoms in total. The van der Waals surface area contributed by atoms with Crippen molar-refractivity contribution in [1.82, 2.24) is 5.32 Å². The standard InChI is InChI=1S/C21H19ClN2O/c1-15-12-13-18(22)14-19(15)23-21(25)24-20(16-8-4-2-5-9-16)17-10-6-3-7-11-17/h2-14,20H,1H3,(H2,23,24,25). The molecule has 0 bridgehead atoms. The number of benzene rings is 3. The first-order chi connectivity index (χ1) is 12.1. The molecule has 0 saturated carbocycles. The topological polar surface area (TPSA) is 41.1 Å². The van der Waals surface area contributed by atoms with Crippen LogP contribution in [0, 0.1) is 6.92 Å². The molecule has 0 aliphatic rings. The summed E-state index contributed by atoms with van der Waals surface area (Å²) in [6, 6.07) is 24.7. The molecular weight excluding hydrogens is 332 g/mol. The fraction of sp³-hybridized carbons (Fsp3) is 0.0952. The van der Waals surface area contributed by atoms with Crippen LogP contribution in [0.2, 0.25) is 5.02 Å². The van der Waals surface area contributed by atoms with Crippen LogP contribution >= 0.6 is 11.6 Å². The van der Waals surface area contributed by atoms with E-state index in [9.17, 15) is 4.79 Å². The number of urea groups is 1. The highest BCUT2D eigenvalue weighted by atomic mass is 35.5. The van der Waals surface area contributed by atoms with Crippen molar-refractivity contribution in [2.45, 2.75) is 13.0 Å². The predicted octanol–water partition coefficient (Wildman–Crippen LogP) is 5.56. The van der Waals surface area contributed by atoms with Crippen molar-refractivity contribution in [1.29, 1.82) is 0 Å². The molecule has 0 fully saturated rings. The smallest absolute Gasteiger partial charge is 0.319 e. The van der Waals surface area contributed by atoms with Crippen molar-refractivity contribution >= 4 is 23.3 Å². The van der Waals surface area contributed by atoms with E-state index in [1.807, 2.05) is 73.7 Å². The Labute approximate surface area is 152 Å². The van der Waals surface area contributed by atoms with Gasteiger partial charge in [-0.2, -0.15) is 0 Å². The maximum absolute atomic E-state index is 12.6. The average Bonchev–Trinajstić information content (AvgIpc) is 2.64. The molecule has 0 atom stereocenters. The van der Waals surface area contributed by atoms with Gasteiger partial charge in [-0.15, -0.1) is 0 Å². The van der Waals surface area contributed by atoms with Crippen molar-refractivity contribution in [2.24, 2.45) is 0 Å². The van der Waals surface area contributed by atoms with Gasteiger partial charge in [0, 0.05) is 10.7 Å². The van der Waals surface area contributed by atoms with E-state index in [-0.39, 0.29) is 12.1 Å². The first kappa shape index (κ1) is 17.1. The number of carbonyl (C=O) groups is 1. The van der Waals surface area contributed by atoms with Crippen LogP contribution in [0.25, 0.3) is 0 Å². The fourth-order valence-corrected chi connectivity index (χ4v) is 2.84. The molecule has 2 N–H and O–H groups in total. The van der Waals surface area contributed by atoms with Gasteiger partial charge in [-0.1, -0.05) is 78.3 Å². The summed E-state index contributed by atoms with van der Waals surface area (Å²) in [6.07, 6.45) is 0. The molecule has 2 amide bonds. The molecule has 3 rings (SSSR count). The van der Waals surface area contributed by atoms with E-state index in [0.29, 0.717) is 10.7 Å². The highest BCUT2D eigenvalue weighted by Gasteiger charge is 2.17. The van der Waals surface area contributed by atoms with Crippen LogP contribution in [0.5, 0.6) is 0 Å². The quantitative estimate of drug-likeness (QED) is 0.635. The summed E-state index contributed by atoms with van der Waals surface area (Å²) in [5.74, 6) is 0. The monoisotopic (exact) mass is 350 g/mol. The molecule has 3 aromatic rings. The van der Waals surface area contributed by atoms with Crippen LogP contribution in [0.4, 0.5) is 10.5 Å². The third-order valence-electron chi connectivity index (χ3n) is 3.99. The van der Waals surface area contributed by atoms with Gasteiger partial charge in [0.15, 0.2) is 0 Å². The van der Waals surface area contributed by atoms with Crippen LogP contribution in [-0.2, 0) is 0 Å². The van der Waals surface area contributed by atoms with Gasteiger partial charge in [0.25, 0.3) is 0 Å². The Hall–Kier alpha value is -2.78. The second kappa shape index (κ2) is 7.86. The van der Waals surface area contributed by atoms with Crippen molar-refractivity contribution in [3.8, 4) is 0 Å². The van der Waals surface area contributed by atoms with Gasteiger partial charge >= 0.3 is 6.03 Å². The number of halogens is 1. The fourth-order valence-electron chi connectivity index (χ4n) is 2.67. The summed E-state index contributed by atoms with van der Waals surface area (Å²) < 4.78 is 0. The minimum Gasteiger partial charge on any atom is -0.327 e. The Morgan fingerprint density at radius 2 is 1.44 bits per heavy atom. The highest BCUT2D eigenvalue weighted by molar-refractivity contribution is 6.31. The van der Waals surface area contributed by atoms with E-state index in [0.717, 1.165) is 16.7 Å². The lowest BCUT2D eigenvalue weighted by Crippen LogP contribution is -2.33. The lowest BCUT2D eigenvalue weighted by atomic mass is 9.99. The lowest BCUT2D eigenvalue weighted by Gasteiger charge is -2.20. The molecule has 0 aliphatic heterocycles. The summed E-state index contributed by atoms with van der Waals surface area (Å²) in [7, 11) is 0. The zero-order valence-corrected chi connectivity index (χ0v) is 14.6. The zero-order valence-electron chi connectivity index (χ0n) is 13.9. The van der Waals surface area contributed by atoms with E-state index < -0.39 is 0 Å². The lowest BCUT2D eigenvalue weighted by molar-refractivity contribution is 0.250. The molecule has 0 radical (unpaired) electrons. The Kier molecular flexibility index (Phi) is 5.36. The number of anilines is 1. The maximum atomic E-state index is 12.6. The first-order valence-electron chi connectivity index (χ1n) is 8.07.